The average molecular weight is 379 g/mol. The number of carbonyl (C=O) groups is 1. The fraction of sp³-hybridized carbons (Fsp3) is 0.500. The monoisotopic (exact) mass is 379 g/mol. The molecule has 1 heterocycles. The Kier molecular flexibility index (Phi) is 6.17. The van der Waals surface area contributed by atoms with E-state index in [1.54, 1.807) is 19.1 Å². The van der Waals surface area contributed by atoms with Gasteiger partial charge in [0.1, 0.15) is 0 Å². The van der Waals surface area contributed by atoms with Crippen LogP contribution in [0.4, 0.5) is 5.69 Å². The number of aromatic nitrogens is 2. The molecule has 2 rings (SSSR count). The van der Waals surface area contributed by atoms with Gasteiger partial charge in [0.25, 0.3) is 0 Å². The number of hydrogen-bond donors (Lipinski definition) is 1. The van der Waals surface area contributed by atoms with Crippen molar-refractivity contribution in [2.75, 3.05) is 11.1 Å². The second kappa shape index (κ2) is 7.99. The summed E-state index contributed by atoms with van der Waals surface area (Å²) in [5.74, 6) is 1.08. The molecule has 7 nitrogen and oxygen atoms in total. The van der Waals surface area contributed by atoms with Gasteiger partial charge in [0.15, 0.2) is 15.7 Å². The summed E-state index contributed by atoms with van der Waals surface area (Å²) in [6.07, 6.45) is 1.42. The van der Waals surface area contributed by atoms with E-state index in [0.29, 0.717) is 36.7 Å². The Morgan fingerprint density at radius 2 is 1.85 bits per heavy atom. The fourth-order valence-electron chi connectivity index (χ4n) is 2.20. The minimum atomic E-state index is -3.23. The summed E-state index contributed by atoms with van der Waals surface area (Å²) in [6, 6.07) is 6.18. The molecule has 0 spiro atoms. The van der Waals surface area contributed by atoms with Crippen LogP contribution >= 0.6 is 0 Å². The van der Waals surface area contributed by atoms with Gasteiger partial charge in [-0.3, -0.25) is 4.79 Å². The maximum absolute atomic E-state index is 12.0. The van der Waals surface area contributed by atoms with Crippen LogP contribution in [0.1, 0.15) is 52.3 Å². The van der Waals surface area contributed by atoms with E-state index in [2.05, 4.69) is 15.5 Å². The van der Waals surface area contributed by atoms with Gasteiger partial charge >= 0.3 is 0 Å². The number of nitrogens with zero attached hydrogens (tertiary/aromatic N) is 2. The zero-order valence-electron chi connectivity index (χ0n) is 15.6. The Balaban J connectivity index is 1.83. The van der Waals surface area contributed by atoms with E-state index in [0.717, 1.165) is 0 Å². The molecule has 0 aliphatic heterocycles. The highest BCUT2D eigenvalue weighted by Crippen LogP contribution is 2.19. The zero-order chi connectivity index (χ0) is 19.4. The number of nitrogens with one attached hydrogen (secondary N) is 1. The van der Waals surface area contributed by atoms with E-state index < -0.39 is 9.84 Å². The molecule has 2 aromatic rings. The van der Waals surface area contributed by atoms with Crippen molar-refractivity contribution in [2.45, 2.75) is 57.3 Å². The third-order valence-electron chi connectivity index (χ3n) is 3.81. The second-order valence-electron chi connectivity index (χ2n) is 7.09. The maximum Gasteiger partial charge on any atom is 0.226 e. The number of benzene rings is 1. The highest BCUT2D eigenvalue weighted by molar-refractivity contribution is 7.91. The molecule has 0 atom stereocenters. The van der Waals surface area contributed by atoms with Gasteiger partial charge in [0, 0.05) is 23.9 Å². The van der Waals surface area contributed by atoms with Crippen molar-refractivity contribution >= 4 is 21.4 Å². The molecule has 1 N–H and O–H groups in total. The molecular formula is C18H25N3O4S. The van der Waals surface area contributed by atoms with Crippen molar-refractivity contribution in [1.82, 2.24) is 10.1 Å². The van der Waals surface area contributed by atoms with Gasteiger partial charge < -0.3 is 9.84 Å². The van der Waals surface area contributed by atoms with Crippen molar-refractivity contribution in [3.63, 3.8) is 0 Å². The molecule has 0 aliphatic carbocycles. The molecule has 0 unspecified atom stereocenters. The lowest BCUT2D eigenvalue weighted by atomic mass is 9.96. The topological polar surface area (TPSA) is 102 Å². The van der Waals surface area contributed by atoms with Crippen LogP contribution in [0.2, 0.25) is 0 Å². The number of anilines is 1. The molecule has 142 valence electrons. The molecule has 0 bridgehead atoms. The summed E-state index contributed by atoms with van der Waals surface area (Å²) >= 11 is 0. The molecule has 1 aromatic heterocycles. The van der Waals surface area contributed by atoms with E-state index in [-0.39, 0.29) is 22.0 Å². The second-order valence-corrected chi connectivity index (χ2v) is 9.37. The molecule has 26 heavy (non-hydrogen) atoms. The van der Waals surface area contributed by atoms with E-state index in [1.165, 1.54) is 12.1 Å². The van der Waals surface area contributed by atoms with Crippen LogP contribution in [0.15, 0.2) is 33.7 Å². The minimum Gasteiger partial charge on any atom is -0.339 e. The molecule has 0 radical (unpaired) electrons. The van der Waals surface area contributed by atoms with Gasteiger partial charge in [-0.25, -0.2) is 8.42 Å². The number of aryl methyl sites for hydroxylation is 1. The van der Waals surface area contributed by atoms with Crippen LogP contribution < -0.4 is 5.32 Å². The summed E-state index contributed by atoms with van der Waals surface area (Å²) in [6.45, 7) is 7.61. The third kappa shape index (κ3) is 5.39. The Hall–Kier alpha value is -2.22. The summed E-state index contributed by atoms with van der Waals surface area (Å²) in [7, 11) is -3.23. The van der Waals surface area contributed by atoms with Crippen molar-refractivity contribution in [3.05, 3.63) is 36.0 Å². The normalized spacial score (nSPS) is 12.2. The maximum atomic E-state index is 12.0. The summed E-state index contributed by atoms with van der Waals surface area (Å²) in [4.78, 5) is 16.6. The summed E-state index contributed by atoms with van der Waals surface area (Å²) in [5, 5.41) is 6.71. The van der Waals surface area contributed by atoms with Crippen LogP contribution in [-0.4, -0.2) is 30.2 Å². The van der Waals surface area contributed by atoms with Gasteiger partial charge in [-0.05, 0) is 30.7 Å². The lowest BCUT2D eigenvalue weighted by Crippen LogP contribution is -2.13. The van der Waals surface area contributed by atoms with Crippen molar-refractivity contribution in [2.24, 2.45) is 0 Å². The summed E-state index contributed by atoms with van der Waals surface area (Å²) in [5.41, 5.74) is 0.397. The first kappa shape index (κ1) is 20.1. The Labute approximate surface area is 154 Å². The molecule has 0 fully saturated rings. The number of hydrogen-bond acceptors (Lipinski definition) is 6. The molecular weight excluding hydrogens is 354 g/mol. The molecule has 0 aliphatic rings. The van der Waals surface area contributed by atoms with Gasteiger partial charge in [0.05, 0.1) is 10.6 Å². The van der Waals surface area contributed by atoms with E-state index in [9.17, 15) is 13.2 Å². The largest absolute Gasteiger partial charge is 0.339 e. The Bertz CT molecular complexity index is 849. The third-order valence-corrected chi connectivity index (χ3v) is 5.56. The van der Waals surface area contributed by atoms with Crippen molar-refractivity contribution < 1.29 is 17.7 Å². The first-order valence-corrected chi connectivity index (χ1v) is 10.2. The average Bonchev–Trinajstić information content (AvgIpc) is 3.04. The van der Waals surface area contributed by atoms with Crippen LogP contribution in [0.3, 0.4) is 0 Å². The standard InChI is InChI=1S/C18H25N3O4S/c1-5-26(23,24)14-11-9-13(10-12-14)19-15(22)7-6-8-16-20-17(21-25-16)18(2,3)4/h9-12H,5-8H2,1-4H3,(H,19,22). The predicted molar refractivity (Wildman–Crippen MR) is 98.7 cm³/mol. The lowest BCUT2D eigenvalue weighted by molar-refractivity contribution is -0.116. The Morgan fingerprint density at radius 3 is 2.38 bits per heavy atom. The molecule has 0 saturated heterocycles. The fourth-order valence-corrected chi connectivity index (χ4v) is 3.08. The Morgan fingerprint density at radius 1 is 1.19 bits per heavy atom. The first-order valence-electron chi connectivity index (χ1n) is 8.57. The summed E-state index contributed by atoms with van der Waals surface area (Å²) < 4.78 is 28.7. The van der Waals surface area contributed by atoms with E-state index >= 15 is 0 Å². The minimum absolute atomic E-state index is 0.0469. The molecule has 0 saturated carbocycles. The van der Waals surface area contributed by atoms with Gasteiger partial charge in [-0.1, -0.05) is 32.9 Å². The van der Waals surface area contributed by atoms with Crippen molar-refractivity contribution in [1.29, 1.82) is 0 Å². The van der Waals surface area contributed by atoms with Crippen LogP contribution in [-0.2, 0) is 26.5 Å². The number of carbonyl (C=O) groups excluding carboxylic acids is 1. The molecule has 1 amide bonds. The van der Waals surface area contributed by atoms with Gasteiger partial charge in [-0.15, -0.1) is 0 Å². The smallest absolute Gasteiger partial charge is 0.226 e. The molecule has 1 aromatic carbocycles. The van der Waals surface area contributed by atoms with Gasteiger partial charge in [0.2, 0.25) is 11.8 Å². The van der Waals surface area contributed by atoms with Crippen LogP contribution in [0, 0.1) is 0 Å². The van der Waals surface area contributed by atoms with Crippen LogP contribution in [0.25, 0.3) is 0 Å². The van der Waals surface area contributed by atoms with Gasteiger partial charge in [-0.2, -0.15) is 4.98 Å². The lowest BCUT2D eigenvalue weighted by Gasteiger charge is -2.10. The highest BCUT2D eigenvalue weighted by Gasteiger charge is 2.20. The first-order chi connectivity index (χ1) is 12.1. The SMILES string of the molecule is CCS(=O)(=O)c1ccc(NC(=O)CCCc2nc(C(C)(C)C)no2)cc1. The molecule has 8 heteroatoms. The van der Waals surface area contributed by atoms with Crippen molar-refractivity contribution in [3.8, 4) is 0 Å². The zero-order valence-corrected chi connectivity index (χ0v) is 16.4. The van der Waals surface area contributed by atoms with Crippen LogP contribution in [0.5, 0.6) is 0 Å². The van der Waals surface area contributed by atoms with E-state index in [4.69, 9.17) is 4.52 Å². The quantitative estimate of drug-likeness (QED) is 0.793. The highest BCUT2D eigenvalue weighted by atomic mass is 32.2. The number of amides is 1. The number of rotatable bonds is 7. The van der Waals surface area contributed by atoms with E-state index in [1.807, 2.05) is 20.8 Å². The number of sulfone groups is 1. The predicted octanol–water partition coefficient (Wildman–Crippen LogP) is 3.12.